The van der Waals surface area contributed by atoms with Gasteiger partial charge in [-0.15, -0.1) is 11.3 Å². The van der Waals surface area contributed by atoms with Gasteiger partial charge in [-0.25, -0.2) is 5.43 Å². The third kappa shape index (κ3) is 3.92. The third-order valence-electron chi connectivity index (χ3n) is 5.14. The molecule has 3 aromatic rings. The summed E-state index contributed by atoms with van der Waals surface area (Å²) < 4.78 is 1.03. The monoisotopic (exact) mass is 396 g/mol. The zero-order valence-electron chi connectivity index (χ0n) is 15.2. The van der Waals surface area contributed by atoms with E-state index in [9.17, 15) is 4.79 Å². The quantitative estimate of drug-likeness (QED) is 0.518. The number of rotatable bonds is 3. The second kappa shape index (κ2) is 7.83. The van der Waals surface area contributed by atoms with Crippen molar-refractivity contribution >= 4 is 44.6 Å². The summed E-state index contributed by atoms with van der Waals surface area (Å²) in [5.74, 6) is 0.359. The van der Waals surface area contributed by atoms with E-state index in [-0.39, 0.29) is 5.91 Å². The highest BCUT2D eigenvalue weighted by Crippen LogP contribution is 2.36. The van der Waals surface area contributed by atoms with E-state index in [1.54, 1.807) is 0 Å². The number of hydrogen-bond acceptors (Lipinski definition) is 3. The Labute approximate surface area is 168 Å². The van der Waals surface area contributed by atoms with Gasteiger partial charge in [-0.2, -0.15) is 5.10 Å². The van der Waals surface area contributed by atoms with Crippen molar-refractivity contribution in [2.45, 2.75) is 38.5 Å². The Balaban J connectivity index is 1.42. The summed E-state index contributed by atoms with van der Waals surface area (Å²) >= 11 is 7.83. The molecule has 1 saturated carbocycles. The van der Waals surface area contributed by atoms with Gasteiger partial charge in [0.1, 0.15) is 4.88 Å². The molecule has 1 N–H and O–H groups in total. The molecule has 138 valence electrons. The molecular weight excluding hydrogens is 376 g/mol. The van der Waals surface area contributed by atoms with Crippen molar-refractivity contribution in [2.75, 3.05) is 0 Å². The van der Waals surface area contributed by atoms with E-state index in [2.05, 4.69) is 46.9 Å². The summed E-state index contributed by atoms with van der Waals surface area (Å²) in [4.78, 5) is 13.1. The molecule has 0 radical (unpaired) electrons. The first-order valence-electron chi connectivity index (χ1n) is 9.21. The van der Waals surface area contributed by atoms with Crippen molar-refractivity contribution in [3.8, 4) is 0 Å². The van der Waals surface area contributed by atoms with Crippen LogP contribution in [-0.4, -0.2) is 11.6 Å². The van der Waals surface area contributed by atoms with Crippen molar-refractivity contribution in [3.05, 3.63) is 69.6 Å². The van der Waals surface area contributed by atoms with E-state index in [4.69, 9.17) is 11.6 Å². The molecule has 1 heterocycles. The van der Waals surface area contributed by atoms with Crippen LogP contribution in [0.4, 0.5) is 0 Å². The topological polar surface area (TPSA) is 41.5 Å². The van der Waals surface area contributed by atoms with Gasteiger partial charge in [0.25, 0.3) is 5.91 Å². The van der Waals surface area contributed by atoms with Crippen LogP contribution in [0.1, 0.15) is 52.4 Å². The molecule has 1 aliphatic carbocycles. The predicted molar refractivity (Wildman–Crippen MR) is 114 cm³/mol. The zero-order valence-corrected chi connectivity index (χ0v) is 16.7. The minimum absolute atomic E-state index is 0.225. The van der Waals surface area contributed by atoms with Crippen LogP contribution in [-0.2, 0) is 0 Å². The predicted octanol–water partition coefficient (Wildman–Crippen LogP) is 6.31. The van der Waals surface area contributed by atoms with Gasteiger partial charge in [0.15, 0.2) is 0 Å². The molecule has 4 rings (SSSR count). The third-order valence-corrected chi connectivity index (χ3v) is 6.80. The molecule has 0 spiro atoms. The fourth-order valence-electron chi connectivity index (χ4n) is 3.62. The molecule has 1 fully saturated rings. The van der Waals surface area contributed by atoms with Gasteiger partial charge in [0.05, 0.1) is 5.02 Å². The number of aryl methyl sites for hydroxylation is 1. The van der Waals surface area contributed by atoms with Gasteiger partial charge < -0.3 is 0 Å². The van der Waals surface area contributed by atoms with E-state index >= 15 is 0 Å². The molecule has 0 saturated heterocycles. The molecule has 3 nitrogen and oxygen atoms in total. The van der Waals surface area contributed by atoms with Crippen LogP contribution in [0, 0.1) is 6.92 Å². The second-order valence-corrected chi connectivity index (χ2v) is 8.48. The average molecular weight is 397 g/mol. The van der Waals surface area contributed by atoms with Crippen LogP contribution in [0.3, 0.4) is 0 Å². The number of fused-ring (bicyclic) bond motifs is 1. The number of thiophene rings is 1. The van der Waals surface area contributed by atoms with Gasteiger partial charge in [-0.1, -0.05) is 54.1 Å². The van der Waals surface area contributed by atoms with E-state index < -0.39 is 0 Å². The van der Waals surface area contributed by atoms with Crippen LogP contribution >= 0.6 is 22.9 Å². The summed E-state index contributed by atoms with van der Waals surface area (Å²) in [5.41, 5.74) is 6.33. The lowest BCUT2D eigenvalue weighted by Gasteiger charge is -2.23. The van der Waals surface area contributed by atoms with E-state index in [0.29, 0.717) is 15.8 Å². The lowest BCUT2D eigenvalue weighted by atomic mass is 9.83. The normalized spacial score (nSPS) is 17.1. The van der Waals surface area contributed by atoms with E-state index in [0.717, 1.165) is 47.0 Å². The maximum absolute atomic E-state index is 12.6. The molecule has 1 aromatic heterocycles. The maximum Gasteiger partial charge on any atom is 0.283 e. The Morgan fingerprint density at radius 1 is 1.15 bits per heavy atom. The Bertz CT molecular complexity index is 1000. The minimum atomic E-state index is -0.225. The molecule has 0 unspecified atom stereocenters. The molecule has 1 amide bonds. The van der Waals surface area contributed by atoms with Crippen LogP contribution in [0.25, 0.3) is 10.1 Å². The second-order valence-electron chi connectivity index (χ2n) is 7.05. The Hall–Kier alpha value is -2.17. The number of amides is 1. The summed E-state index contributed by atoms with van der Waals surface area (Å²) in [7, 11) is 0. The largest absolute Gasteiger partial charge is 0.283 e. The molecule has 0 atom stereocenters. The van der Waals surface area contributed by atoms with Crippen molar-refractivity contribution < 1.29 is 4.79 Å². The molecule has 27 heavy (non-hydrogen) atoms. The average Bonchev–Trinajstić information content (AvgIpc) is 3.03. The zero-order chi connectivity index (χ0) is 18.8. The highest BCUT2D eigenvalue weighted by molar-refractivity contribution is 7.21. The van der Waals surface area contributed by atoms with Crippen molar-refractivity contribution in [1.29, 1.82) is 0 Å². The number of hydrazone groups is 1. The number of hydrogen-bond donors (Lipinski definition) is 1. The first-order chi connectivity index (χ1) is 13.1. The Kier molecular flexibility index (Phi) is 5.28. The number of benzene rings is 2. The number of carbonyl (C=O) groups excluding carboxylic acids is 1. The summed E-state index contributed by atoms with van der Waals surface area (Å²) in [6.45, 7) is 2.03. The standard InChI is InChI=1S/C22H21ClN2OS/c1-14-7-12-18-19(13-14)27-21(20(18)23)22(26)25-24-17-10-8-16(9-11-17)15-5-3-2-4-6-15/h2-7,12-13,16H,8-11H2,1H3,(H,25,26). The fourth-order valence-corrected chi connectivity index (χ4v) is 5.13. The van der Waals surface area contributed by atoms with Gasteiger partial charge in [-0.05, 0) is 55.7 Å². The first-order valence-corrected chi connectivity index (χ1v) is 10.4. The maximum atomic E-state index is 12.6. The highest BCUT2D eigenvalue weighted by atomic mass is 35.5. The molecule has 5 heteroatoms. The lowest BCUT2D eigenvalue weighted by Crippen LogP contribution is -2.21. The first kappa shape index (κ1) is 18.2. The summed E-state index contributed by atoms with van der Waals surface area (Å²) in [6, 6.07) is 16.7. The molecule has 1 aliphatic rings. The van der Waals surface area contributed by atoms with Gasteiger partial charge in [0, 0.05) is 15.8 Å². The molecule has 0 aliphatic heterocycles. The highest BCUT2D eigenvalue weighted by Gasteiger charge is 2.20. The van der Waals surface area contributed by atoms with E-state index in [1.165, 1.54) is 16.9 Å². The SMILES string of the molecule is Cc1ccc2c(Cl)c(C(=O)NN=C3CCC(c4ccccc4)CC3)sc2c1. The summed E-state index contributed by atoms with van der Waals surface area (Å²) in [6.07, 6.45) is 3.97. The lowest BCUT2D eigenvalue weighted by molar-refractivity contribution is 0.0959. The van der Waals surface area contributed by atoms with Crippen LogP contribution in [0.5, 0.6) is 0 Å². The summed E-state index contributed by atoms with van der Waals surface area (Å²) in [5, 5.41) is 5.82. The number of nitrogens with zero attached hydrogens (tertiary/aromatic N) is 1. The Morgan fingerprint density at radius 2 is 1.89 bits per heavy atom. The Morgan fingerprint density at radius 3 is 2.63 bits per heavy atom. The molecular formula is C22H21ClN2OS. The minimum Gasteiger partial charge on any atom is -0.266 e. The number of nitrogens with one attached hydrogen (secondary N) is 1. The van der Waals surface area contributed by atoms with E-state index in [1.807, 2.05) is 19.1 Å². The molecule has 2 aromatic carbocycles. The smallest absolute Gasteiger partial charge is 0.266 e. The number of halogens is 1. The molecule has 0 bridgehead atoms. The van der Waals surface area contributed by atoms with Gasteiger partial charge in [-0.3, -0.25) is 4.79 Å². The van der Waals surface area contributed by atoms with Crippen LogP contribution in [0.15, 0.2) is 53.6 Å². The van der Waals surface area contributed by atoms with Crippen molar-refractivity contribution in [3.63, 3.8) is 0 Å². The van der Waals surface area contributed by atoms with Gasteiger partial charge >= 0.3 is 0 Å². The van der Waals surface area contributed by atoms with Crippen LogP contribution in [0.2, 0.25) is 5.02 Å². The van der Waals surface area contributed by atoms with Gasteiger partial charge in [0.2, 0.25) is 0 Å². The van der Waals surface area contributed by atoms with Crippen LogP contribution < -0.4 is 5.43 Å². The van der Waals surface area contributed by atoms with Crippen molar-refractivity contribution in [1.82, 2.24) is 5.43 Å². The number of carbonyl (C=O) groups is 1. The fraction of sp³-hybridized carbons (Fsp3) is 0.273. The van der Waals surface area contributed by atoms with Crippen molar-refractivity contribution in [2.24, 2.45) is 5.10 Å².